The molecule has 1 aromatic rings. The molecular weight excluding hydrogens is 292 g/mol. The van der Waals surface area contributed by atoms with Crippen molar-refractivity contribution in [3.63, 3.8) is 0 Å². The van der Waals surface area contributed by atoms with E-state index < -0.39 is 0 Å². The van der Waals surface area contributed by atoms with Crippen molar-refractivity contribution in [2.75, 3.05) is 19.7 Å². The van der Waals surface area contributed by atoms with E-state index in [4.69, 9.17) is 4.74 Å². The molecule has 0 spiro atoms. The van der Waals surface area contributed by atoms with Crippen LogP contribution in [0.1, 0.15) is 50.4 Å². The zero-order valence-corrected chi connectivity index (χ0v) is 14.4. The summed E-state index contributed by atoms with van der Waals surface area (Å²) in [4.78, 5) is 23.8. The van der Waals surface area contributed by atoms with E-state index >= 15 is 0 Å². The lowest BCUT2D eigenvalue weighted by molar-refractivity contribution is -0.121. The van der Waals surface area contributed by atoms with Gasteiger partial charge in [0.1, 0.15) is 5.75 Å². The number of rotatable bonds is 10. The average Bonchev–Trinajstić information content (AvgIpc) is 2.52. The van der Waals surface area contributed by atoms with E-state index in [9.17, 15) is 9.59 Å². The zero-order valence-electron chi connectivity index (χ0n) is 14.4. The Bertz CT molecular complexity index is 501. The van der Waals surface area contributed by atoms with Gasteiger partial charge in [-0.05, 0) is 37.8 Å². The fraction of sp³-hybridized carbons (Fsp3) is 0.556. The Balaban J connectivity index is 2.28. The van der Waals surface area contributed by atoms with Gasteiger partial charge in [0, 0.05) is 19.5 Å². The summed E-state index contributed by atoms with van der Waals surface area (Å²) >= 11 is 0. The Labute approximate surface area is 138 Å². The predicted octanol–water partition coefficient (Wildman–Crippen LogP) is 2.76. The number of hydrogen-bond donors (Lipinski definition) is 2. The standard InChI is InChI=1S/C18H28N2O3/c1-4-23-16-9-6-5-8-15(16)18(22)20-12-7-10-17(21)19-13-11-14(2)3/h5-6,8-9,14H,4,7,10-13H2,1-3H3,(H,19,21)(H,20,22). The largest absolute Gasteiger partial charge is 0.493 e. The second-order valence-corrected chi connectivity index (χ2v) is 5.82. The molecule has 0 aromatic heterocycles. The maximum Gasteiger partial charge on any atom is 0.255 e. The van der Waals surface area contributed by atoms with Gasteiger partial charge in [-0.1, -0.05) is 26.0 Å². The number of amides is 2. The molecule has 0 saturated heterocycles. The first-order chi connectivity index (χ1) is 11.0. The number of hydrogen-bond acceptors (Lipinski definition) is 3. The van der Waals surface area contributed by atoms with Gasteiger partial charge in [0.15, 0.2) is 0 Å². The normalized spacial score (nSPS) is 10.4. The van der Waals surface area contributed by atoms with Gasteiger partial charge in [-0.25, -0.2) is 0 Å². The van der Waals surface area contributed by atoms with Crippen LogP contribution in [0, 0.1) is 5.92 Å². The van der Waals surface area contributed by atoms with Gasteiger partial charge in [0.2, 0.25) is 5.91 Å². The molecular formula is C18H28N2O3. The van der Waals surface area contributed by atoms with Crippen LogP contribution in [-0.2, 0) is 4.79 Å². The first-order valence-corrected chi connectivity index (χ1v) is 8.31. The maximum absolute atomic E-state index is 12.1. The molecule has 5 nitrogen and oxygen atoms in total. The van der Waals surface area contributed by atoms with Crippen molar-refractivity contribution in [3.05, 3.63) is 29.8 Å². The highest BCUT2D eigenvalue weighted by Gasteiger charge is 2.11. The van der Waals surface area contributed by atoms with Gasteiger partial charge in [0.05, 0.1) is 12.2 Å². The van der Waals surface area contributed by atoms with Crippen molar-refractivity contribution in [2.24, 2.45) is 5.92 Å². The quantitative estimate of drug-likeness (QED) is 0.651. The third kappa shape index (κ3) is 7.68. The predicted molar refractivity (Wildman–Crippen MR) is 91.6 cm³/mol. The van der Waals surface area contributed by atoms with Gasteiger partial charge in [-0.3, -0.25) is 9.59 Å². The summed E-state index contributed by atoms with van der Waals surface area (Å²) in [6.07, 6.45) is 2.03. The lowest BCUT2D eigenvalue weighted by Gasteiger charge is -2.10. The molecule has 0 atom stereocenters. The molecule has 0 aliphatic heterocycles. The molecule has 2 amide bonds. The fourth-order valence-corrected chi connectivity index (χ4v) is 2.07. The van der Waals surface area contributed by atoms with Crippen molar-refractivity contribution in [1.29, 1.82) is 0 Å². The summed E-state index contributed by atoms with van der Waals surface area (Å²) in [6.45, 7) is 7.83. The summed E-state index contributed by atoms with van der Waals surface area (Å²) in [5.41, 5.74) is 0.524. The van der Waals surface area contributed by atoms with E-state index in [1.165, 1.54) is 0 Å². The minimum absolute atomic E-state index is 0.0367. The van der Waals surface area contributed by atoms with Crippen molar-refractivity contribution in [1.82, 2.24) is 10.6 Å². The van der Waals surface area contributed by atoms with E-state index in [0.717, 1.165) is 6.42 Å². The van der Waals surface area contributed by atoms with Crippen LogP contribution in [0.2, 0.25) is 0 Å². The fourth-order valence-electron chi connectivity index (χ4n) is 2.07. The number of carbonyl (C=O) groups is 2. The second kappa shape index (κ2) is 10.6. The Hall–Kier alpha value is -2.04. The molecule has 0 saturated carbocycles. The van der Waals surface area contributed by atoms with Gasteiger partial charge >= 0.3 is 0 Å². The van der Waals surface area contributed by atoms with Crippen LogP contribution >= 0.6 is 0 Å². The molecule has 0 heterocycles. The topological polar surface area (TPSA) is 67.4 Å². The molecule has 1 rings (SSSR count). The molecule has 0 aliphatic carbocycles. The Morgan fingerprint density at radius 2 is 1.87 bits per heavy atom. The third-order valence-electron chi connectivity index (χ3n) is 3.34. The average molecular weight is 320 g/mol. The zero-order chi connectivity index (χ0) is 17.1. The number of para-hydroxylation sites is 1. The molecule has 0 radical (unpaired) electrons. The van der Waals surface area contributed by atoms with Crippen molar-refractivity contribution >= 4 is 11.8 Å². The van der Waals surface area contributed by atoms with Crippen LogP contribution in [0.3, 0.4) is 0 Å². The van der Waals surface area contributed by atoms with E-state index in [1.807, 2.05) is 13.0 Å². The van der Waals surface area contributed by atoms with Gasteiger partial charge in [-0.2, -0.15) is 0 Å². The molecule has 0 bridgehead atoms. The van der Waals surface area contributed by atoms with E-state index in [0.29, 0.717) is 49.8 Å². The minimum atomic E-state index is -0.172. The smallest absolute Gasteiger partial charge is 0.255 e. The Morgan fingerprint density at radius 1 is 1.13 bits per heavy atom. The highest BCUT2D eigenvalue weighted by molar-refractivity contribution is 5.96. The van der Waals surface area contributed by atoms with Crippen molar-refractivity contribution < 1.29 is 14.3 Å². The second-order valence-electron chi connectivity index (χ2n) is 5.82. The summed E-state index contributed by atoms with van der Waals surface area (Å²) in [5, 5.41) is 5.72. The van der Waals surface area contributed by atoms with Crippen LogP contribution in [0.4, 0.5) is 0 Å². The number of benzene rings is 1. The summed E-state index contributed by atoms with van der Waals surface area (Å²) in [5.74, 6) is 1.03. The van der Waals surface area contributed by atoms with Gasteiger partial charge in [0.25, 0.3) is 5.91 Å². The molecule has 23 heavy (non-hydrogen) atoms. The summed E-state index contributed by atoms with van der Waals surface area (Å²) < 4.78 is 5.44. The molecule has 5 heteroatoms. The number of nitrogens with one attached hydrogen (secondary N) is 2. The van der Waals surface area contributed by atoms with E-state index in [-0.39, 0.29) is 11.8 Å². The summed E-state index contributed by atoms with van der Waals surface area (Å²) in [6, 6.07) is 7.16. The molecule has 2 N–H and O–H groups in total. The van der Waals surface area contributed by atoms with Crippen LogP contribution in [0.15, 0.2) is 24.3 Å². The SMILES string of the molecule is CCOc1ccccc1C(=O)NCCCC(=O)NCCC(C)C. The molecule has 0 aliphatic rings. The summed E-state index contributed by atoms with van der Waals surface area (Å²) in [7, 11) is 0. The van der Waals surface area contributed by atoms with Crippen LogP contribution < -0.4 is 15.4 Å². The minimum Gasteiger partial charge on any atom is -0.493 e. The highest BCUT2D eigenvalue weighted by atomic mass is 16.5. The first kappa shape index (κ1) is 19.0. The van der Waals surface area contributed by atoms with E-state index in [2.05, 4.69) is 24.5 Å². The molecule has 0 unspecified atom stereocenters. The number of carbonyl (C=O) groups excluding carboxylic acids is 2. The van der Waals surface area contributed by atoms with Crippen molar-refractivity contribution in [3.8, 4) is 5.75 Å². The van der Waals surface area contributed by atoms with Crippen LogP contribution in [-0.4, -0.2) is 31.5 Å². The first-order valence-electron chi connectivity index (χ1n) is 8.31. The van der Waals surface area contributed by atoms with Crippen molar-refractivity contribution in [2.45, 2.75) is 40.0 Å². The lowest BCUT2D eigenvalue weighted by Crippen LogP contribution is -2.28. The highest BCUT2D eigenvalue weighted by Crippen LogP contribution is 2.17. The number of ether oxygens (including phenoxy) is 1. The van der Waals surface area contributed by atoms with Gasteiger partial charge in [-0.15, -0.1) is 0 Å². The lowest BCUT2D eigenvalue weighted by atomic mass is 10.1. The molecule has 0 fully saturated rings. The van der Waals surface area contributed by atoms with Crippen LogP contribution in [0.25, 0.3) is 0 Å². The Kier molecular flexibility index (Phi) is 8.80. The maximum atomic E-state index is 12.1. The Morgan fingerprint density at radius 3 is 2.57 bits per heavy atom. The van der Waals surface area contributed by atoms with Gasteiger partial charge < -0.3 is 15.4 Å². The van der Waals surface area contributed by atoms with E-state index in [1.54, 1.807) is 18.2 Å². The third-order valence-corrected chi connectivity index (χ3v) is 3.34. The van der Waals surface area contributed by atoms with Crippen LogP contribution in [0.5, 0.6) is 5.75 Å². The molecule has 128 valence electrons. The monoisotopic (exact) mass is 320 g/mol. The molecule has 1 aromatic carbocycles.